The Labute approximate surface area is 64.1 Å². The summed E-state index contributed by atoms with van der Waals surface area (Å²) >= 11 is 0. The van der Waals surface area contributed by atoms with Gasteiger partial charge in [0.1, 0.15) is 5.82 Å². The van der Waals surface area contributed by atoms with Crippen LogP contribution in [0.25, 0.3) is 0 Å². The Hall–Kier alpha value is -1.25. The predicted octanol–water partition coefficient (Wildman–Crippen LogP) is 1.26. The molecule has 0 saturated carbocycles. The molecule has 1 aromatic rings. The van der Waals surface area contributed by atoms with E-state index in [-0.39, 0.29) is 5.82 Å². The van der Waals surface area contributed by atoms with Crippen LogP contribution in [0.3, 0.4) is 0 Å². The number of hydrogen-bond donors (Lipinski definition) is 0. The Bertz CT molecular complexity index is 250. The topological polar surface area (TPSA) is 30.0 Å². The lowest BCUT2D eigenvalue weighted by atomic mass is 10.2. The van der Waals surface area contributed by atoms with Crippen molar-refractivity contribution >= 4 is 6.29 Å². The van der Waals surface area contributed by atoms with E-state index in [1.807, 2.05) is 0 Å². The average molecular weight is 152 g/mol. The molecule has 0 aromatic carbocycles. The predicted molar refractivity (Wildman–Crippen MR) is 38.2 cm³/mol. The van der Waals surface area contributed by atoms with Gasteiger partial charge in [-0.05, 0) is 18.1 Å². The Morgan fingerprint density at radius 1 is 1.55 bits per heavy atom. The van der Waals surface area contributed by atoms with Crippen LogP contribution in [0.1, 0.15) is 12.0 Å². The van der Waals surface area contributed by atoms with Gasteiger partial charge in [-0.3, -0.25) is 9.78 Å². The molecule has 1 heterocycles. The standard InChI is InChI=1S/C8H7FNO/c9-8-4-7(2-1-3-11)5-10-6-8/h4-6H,1-2H2. The molecule has 0 saturated heterocycles. The van der Waals surface area contributed by atoms with Crippen molar-refractivity contribution in [1.29, 1.82) is 0 Å². The molecule has 11 heavy (non-hydrogen) atoms. The number of hydrogen-bond acceptors (Lipinski definition) is 2. The maximum Gasteiger partial charge on any atom is 0.198 e. The molecule has 1 rings (SSSR count). The summed E-state index contributed by atoms with van der Waals surface area (Å²) in [7, 11) is 0. The number of aromatic nitrogens is 1. The molecule has 0 aliphatic carbocycles. The molecule has 1 radical (unpaired) electrons. The van der Waals surface area contributed by atoms with Gasteiger partial charge in [-0.2, -0.15) is 0 Å². The molecular weight excluding hydrogens is 145 g/mol. The lowest BCUT2D eigenvalue weighted by Crippen LogP contribution is -1.88. The van der Waals surface area contributed by atoms with Gasteiger partial charge in [0, 0.05) is 12.6 Å². The summed E-state index contributed by atoms with van der Waals surface area (Å²) in [4.78, 5) is 13.5. The monoisotopic (exact) mass is 152 g/mol. The van der Waals surface area contributed by atoms with E-state index >= 15 is 0 Å². The number of nitrogens with zero attached hydrogens (tertiary/aromatic N) is 1. The zero-order valence-corrected chi connectivity index (χ0v) is 5.88. The minimum absolute atomic E-state index is 0.297. The molecule has 0 fully saturated rings. The molecule has 1 aromatic heterocycles. The van der Waals surface area contributed by atoms with E-state index in [1.165, 1.54) is 6.07 Å². The maximum absolute atomic E-state index is 12.4. The first-order valence-electron chi connectivity index (χ1n) is 3.27. The fraction of sp³-hybridized carbons (Fsp3) is 0.250. The van der Waals surface area contributed by atoms with E-state index < -0.39 is 0 Å². The third-order valence-corrected chi connectivity index (χ3v) is 1.28. The third kappa shape index (κ3) is 2.45. The largest absolute Gasteiger partial charge is 0.291 e. The molecule has 57 valence electrons. The maximum atomic E-state index is 12.4. The van der Waals surface area contributed by atoms with E-state index in [4.69, 9.17) is 0 Å². The minimum Gasteiger partial charge on any atom is -0.291 e. The van der Waals surface area contributed by atoms with E-state index in [2.05, 4.69) is 4.98 Å². The van der Waals surface area contributed by atoms with Crippen molar-refractivity contribution in [2.24, 2.45) is 0 Å². The van der Waals surface area contributed by atoms with Crippen LogP contribution in [0.5, 0.6) is 0 Å². The number of carbonyl (C=O) groups excluding carboxylic acids is 1. The summed E-state index contributed by atoms with van der Waals surface area (Å²) in [6, 6.07) is 1.37. The van der Waals surface area contributed by atoms with Crippen LogP contribution in [-0.4, -0.2) is 11.3 Å². The highest BCUT2D eigenvalue weighted by molar-refractivity contribution is 5.50. The second-order valence-electron chi connectivity index (χ2n) is 2.16. The summed E-state index contributed by atoms with van der Waals surface area (Å²) in [5, 5.41) is 0. The molecule has 0 atom stereocenters. The molecule has 0 bridgehead atoms. The van der Waals surface area contributed by atoms with Crippen molar-refractivity contribution < 1.29 is 9.18 Å². The lowest BCUT2D eigenvalue weighted by molar-refractivity contribution is 0.551. The lowest BCUT2D eigenvalue weighted by Gasteiger charge is -1.94. The normalized spacial score (nSPS) is 9.55. The van der Waals surface area contributed by atoms with Crippen molar-refractivity contribution in [2.75, 3.05) is 0 Å². The minimum atomic E-state index is -0.367. The van der Waals surface area contributed by atoms with Crippen LogP contribution >= 0.6 is 0 Å². The average Bonchev–Trinajstić information content (AvgIpc) is 2.01. The smallest absolute Gasteiger partial charge is 0.198 e. The summed E-state index contributed by atoms with van der Waals surface area (Å²) < 4.78 is 12.4. The second kappa shape index (κ2) is 3.81. The van der Waals surface area contributed by atoms with Crippen LogP contribution < -0.4 is 0 Å². The molecule has 0 N–H and O–H groups in total. The van der Waals surface area contributed by atoms with Gasteiger partial charge >= 0.3 is 0 Å². The van der Waals surface area contributed by atoms with Crippen molar-refractivity contribution in [3.05, 3.63) is 29.8 Å². The van der Waals surface area contributed by atoms with E-state index in [9.17, 15) is 9.18 Å². The van der Waals surface area contributed by atoms with Crippen LogP contribution in [0, 0.1) is 5.82 Å². The first kappa shape index (κ1) is 7.85. The number of halogens is 1. The van der Waals surface area contributed by atoms with Crippen molar-refractivity contribution in [1.82, 2.24) is 4.98 Å². The molecular formula is C8H7FNO. The molecule has 0 amide bonds. The molecule has 0 aliphatic rings. The van der Waals surface area contributed by atoms with Crippen LogP contribution in [0.2, 0.25) is 0 Å². The van der Waals surface area contributed by atoms with Crippen molar-refractivity contribution in [3.63, 3.8) is 0 Å². The number of rotatable bonds is 3. The summed E-state index contributed by atoms with van der Waals surface area (Å²) in [6.07, 6.45) is 5.22. The number of aryl methyl sites for hydroxylation is 1. The van der Waals surface area contributed by atoms with E-state index in [0.717, 1.165) is 11.8 Å². The van der Waals surface area contributed by atoms with Gasteiger partial charge in [-0.15, -0.1) is 0 Å². The quantitative estimate of drug-likeness (QED) is 0.652. The van der Waals surface area contributed by atoms with Gasteiger partial charge in [-0.1, -0.05) is 0 Å². The summed E-state index contributed by atoms with van der Waals surface area (Å²) in [6.45, 7) is 0. The van der Waals surface area contributed by atoms with Crippen molar-refractivity contribution in [2.45, 2.75) is 12.8 Å². The Morgan fingerprint density at radius 2 is 2.36 bits per heavy atom. The van der Waals surface area contributed by atoms with Gasteiger partial charge < -0.3 is 0 Å². The van der Waals surface area contributed by atoms with Gasteiger partial charge in [-0.25, -0.2) is 4.39 Å². The Morgan fingerprint density at radius 3 is 3.00 bits per heavy atom. The van der Waals surface area contributed by atoms with Crippen LogP contribution in [-0.2, 0) is 11.2 Å². The Balaban J connectivity index is 2.63. The van der Waals surface area contributed by atoms with Crippen LogP contribution in [0.4, 0.5) is 4.39 Å². The van der Waals surface area contributed by atoms with E-state index in [1.54, 1.807) is 12.5 Å². The molecule has 0 spiro atoms. The van der Waals surface area contributed by atoms with Gasteiger partial charge in [0.05, 0.1) is 6.20 Å². The fourth-order valence-electron chi connectivity index (χ4n) is 0.788. The highest BCUT2D eigenvalue weighted by Gasteiger charge is 1.94. The van der Waals surface area contributed by atoms with Crippen molar-refractivity contribution in [3.8, 4) is 0 Å². The molecule has 0 aliphatic heterocycles. The van der Waals surface area contributed by atoms with Gasteiger partial charge in [0.2, 0.25) is 0 Å². The van der Waals surface area contributed by atoms with Gasteiger partial charge in [0.25, 0.3) is 0 Å². The SMILES string of the molecule is O=[C]CCc1cncc(F)c1. The summed E-state index contributed by atoms with van der Waals surface area (Å²) in [5.74, 6) is -0.367. The molecule has 3 heteroatoms. The third-order valence-electron chi connectivity index (χ3n) is 1.28. The highest BCUT2D eigenvalue weighted by Crippen LogP contribution is 2.02. The highest BCUT2D eigenvalue weighted by atomic mass is 19.1. The molecule has 0 unspecified atom stereocenters. The summed E-state index contributed by atoms with van der Waals surface area (Å²) in [5.41, 5.74) is 0.730. The second-order valence-corrected chi connectivity index (χ2v) is 2.16. The zero-order chi connectivity index (χ0) is 8.10. The first-order valence-corrected chi connectivity index (χ1v) is 3.27. The molecule has 2 nitrogen and oxygen atoms in total. The van der Waals surface area contributed by atoms with Gasteiger partial charge in [0.15, 0.2) is 6.29 Å². The Kier molecular flexibility index (Phi) is 2.72. The van der Waals surface area contributed by atoms with Crippen LogP contribution in [0.15, 0.2) is 18.5 Å². The zero-order valence-electron chi connectivity index (χ0n) is 5.88. The fourth-order valence-corrected chi connectivity index (χ4v) is 0.788. The van der Waals surface area contributed by atoms with E-state index in [0.29, 0.717) is 12.8 Å². The number of pyridine rings is 1. The first-order chi connectivity index (χ1) is 5.33.